The van der Waals surface area contributed by atoms with Crippen molar-refractivity contribution in [3.63, 3.8) is 0 Å². The number of phenolic OH excluding ortho intramolecular Hbond substituents is 1. The lowest BCUT2D eigenvalue weighted by Gasteiger charge is -2.02. The van der Waals surface area contributed by atoms with Gasteiger partial charge in [-0.05, 0) is 59.0 Å². The van der Waals surface area contributed by atoms with E-state index in [0.717, 1.165) is 5.69 Å². The quantitative estimate of drug-likeness (QED) is 0.724. The van der Waals surface area contributed by atoms with Crippen LogP contribution in [0.25, 0.3) is 11.8 Å². The average molecular weight is 297 g/mol. The summed E-state index contributed by atoms with van der Waals surface area (Å²) in [5.74, 6) is 0.385. The molecule has 0 bridgehead atoms. The molecule has 0 aliphatic heterocycles. The summed E-state index contributed by atoms with van der Waals surface area (Å²) in [5, 5.41) is 23.6. The second-order valence-corrected chi connectivity index (χ2v) is 4.45. The number of phenols is 1. The van der Waals surface area contributed by atoms with Crippen LogP contribution in [0, 0.1) is 5.82 Å². The van der Waals surface area contributed by atoms with Gasteiger partial charge in [-0.3, -0.25) is 0 Å². The van der Waals surface area contributed by atoms with Crippen LogP contribution in [0.1, 0.15) is 5.82 Å². The van der Waals surface area contributed by atoms with Gasteiger partial charge in [0, 0.05) is 18.0 Å². The molecule has 1 aromatic heterocycles. The Morgan fingerprint density at radius 2 is 1.77 bits per heavy atom. The van der Waals surface area contributed by atoms with Crippen LogP contribution < -0.4 is 5.32 Å². The maximum Gasteiger partial charge on any atom is 0.181 e. The summed E-state index contributed by atoms with van der Waals surface area (Å²) >= 11 is 0. The number of aromatic nitrogens is 4. The van der Waals surface area contributed by atoms with E-state index in [1.807, 2.05) is 0 Å². The van der Waals surface area contributed by atoms with Crippen molar-refractivity contribution < 1.29 is 9.50 Å². The Balaban J connectivity index is 1.76. The maximum absolute atomic E-state index is 12.9. The molecule has 0 radical (unpaired) electrons. The first-order valence-electron chi connectivity index (χ1n) is 6.49. The second-order valence-electron chi connectivity index (χ2n) is 4.45. The molecule has 0 unspecified atom stereocenters. The van der Waals surface area contributed by atoms with Crippen LogP contribution in [0.15, 0.2) is 54.7 Å². The van der Waals surface area contributed by atoms with Gasteiger partial charge in [-0.15, -0.1) is 5.10 Å². The van der Waals surface area contributed by atoms with Crippen molar-refractivity contribution in [2.75, 3.05) is 5.32 Å². The lowest BCUT2D eigenvalue weighted by molar-refractivity contribution is 0.475. The normalized spacial score (nSPS) is 11.0. The highest BCUT2D eigenvalue weighted by Crippen LogP contribution is 2.14. The Hall–Kier alpha value is -3.22. The summed E-state index contributed by atoms with van der Waals surface area (Å²) in [4.78, 5) is 0. The number of hydrogen-bond acceptors (Lipinski definition) is 5. The molecule has 2 aromatic carbocycles. The third kappa shape index (κ3) is 3.09. The fourth-order valence-corrected chi connectivity index (χ4v) is 1.83. The Morgan fingerprint density at radius 1 is 1.05 bits per heavy atom. The minimum absolute atomic E-state index is 0.204. The number of benzene rings is 2. The summed E-state index contributed by atoms with van der Waals surface area (Å²) < 4.78 is 14.4. The fourth-order valence-electron chi connectivity index (χ4n) is 1.83. The van der Waals surface area contributed by atoms with E-state index in [4.69, 9.17) is 0 Å². The summed E-state index contributed by atoms with van der Waals surface area (Å²) in [6.45, 7) is 0. The van der Waals surface area contributed by atoms with Gasteiger partial charge in [0.2, 0.25) is 0 Å². The van der Waals surface area contributed by atoms with E-state index < -0.39 is 0 Å². The van der Waals surface area contributed by atoms with Crippen LogP contribution in [0.2, 0.25) is 0 Å². The van der Waals surface area contributed by atoms with E-state index in [0.29, 0.717) is 11.5 Å². The zero-order valence-corrected chi connectivity index (χ0v) is 11.4. The largest absolute Gasteiger partial charge is 0.508 e. The molecular formula is C15H12FN5O. The monoisotopic (exact) mass is 297 g/mol. The molecule has 7 heteroatoms. The standard InChI is InChI=1S/C15H12FN5O/c16-11-1-5-13(6-2-11)21-15(18-19-20-21)9-10-17-12-3-7-14(22)8-4-12/h1-10,17,22H/b10-9-. The van der Waals surface area contributed by atoms with Gasteiger partial charge < -0.3 is 10.4 Å². The molecule has 0 saturated carbocycles. The highest BCUT2D eigenvalue weighted by atomic mass is 19.1. The Bertz CT molecular complexity index is 780. The zero-order chi connectivity index (χ0) is 15.4. The van der Waals surface area contributed by atoms with Crippen LogP contribution in [0.4, 0.5) is 10.1 Å². The summed E-state index contributed by atoms with van der Waals surface area (Å²) in [6.07, 6.45) is 3.37. The minimum Gasteiger partial charge on any atom is -0.508 e. The predicted molar refractivity (Wildman–Crippen MR) is 79.9 cm³/mol. The van der Waals surface area contributed by atoms with Crippen molar-refractivity contribution in [2.24, 2.45) is 0 Å². The number of nitrogens with zero attached hydrogens (tertiary/aromatic N) is 4. The topological polar surface area (TPSA) is 75.9 Å². The van der Waals surface area contributed by atoms with Crippen LogP contribution in [0.5, 0.6) is 5.75 Å². The van der Waals surface area contributed by atoms with E-state index in [1.54, 1.807) is 48.7 Å². The first-order chi connectivity index (χ1) is 10.7. The van der Waals surface area contributed by atoms with Crippen LogP contribution in [0.3, 0.4) is 0 Å². The van der Waals surface area contributed by atoms with Crippen LogP contribution in [-0.4, -0.2) is 25.3 Å². The number of anilines is 1. The average Bonchev–Trinajstić information content (AvgIpc) is 2.98. The number of hydrogen-bond donors (Lipinski definition) is 2. The first-order valence-corrected chi connectivity index (χ1v) is 6.49. The van der Waals surface area contributed by atoms with Crippen molar-refractivity contribution in [3.05, 3.63) is 66.4 Å². The van der Waals surface area contributed by atoms with Crippen molar-refractivity contribution in [3.8, 4) is 11.4 Å². The van der Waals surface area contributed by atoms with E-state index in [1.165, 1.54) is 16.8 Å². The van der Waals surface area contributed by atoms with Crippen molar-refractivity contribution >= 4 is 11.8 Å². The number of halogens is 1. The van der Waals surface area contributed by atoms with Gasteiger partial charge in [-0.2, -0.15) is 4.68 Å². The zero-order valence-electron chi connectivity index (χ0n) is 11.4. The maximum atomic E-state index is 12.9. The fraction of sp³-hybridized carbons (Fsp3) is 0. The lowest BCUT2D eigenvalue weighted by Crippen LogP contribution is -2.00. The molecule has 6 nitrogen and oxygen atoms in total. The molecule has 0 atom stereocenters. The van der Waals surface area contributed by atoms with Gasteiger partial charge in [-0.25, -0.2) is 4.39 Å². The number of tetrazole rings is 1. The Kier molecular flexibility index (Phi) is 3.78. The van der Waals surface area contributed by atoms with Gasteiger partial charge in [0.15, 0.2) is 5.82 Å². The molecule has 3 rings (SSSR count). The summed E-state index contributed by atoms with van der Waals surface area (Å²) in [6, 6.07) is 12.5. The van der Waals surface area contributed by atoms with Crippen molar-refractivity contribution in [2.45, 2.75) is 0 Å². The Morgan fingerprint density at radius 3 is 2.50 bits per heavy atom. The number of rotatable bonds is 4. The molecule has 0 saturated heterocycles. The smallest absolute Gasteiger partial charge is 0.181 e. The molecule has 2 N–H and O–H groups in total. The van der Waals surface area contributed by atoms with E-state index >= 15 is 0 Å². The highest BCUT2D eigenvalue weighted by Gasteiger charge is 2.05. The third-order valence-electron chi connectivity index (χ3n) is 2.91. The van der Waals surface area contributed by atoms with Gasteiger partial charge in [0.05, 0.1) is 5.69 Å². The summed E-state index contributed by atoms with van der Waals surface area (Å²) in [7, 11) is 0. The van der Waals surface area contributed by atoms with Gasteiger partial charge in [0.1, 0.15) is 11.6 Å². The molecule has 110 valence electrons. The van der Waals surface area contributed by atoms with Crippen molar-refractivity contribution in [1.82, 2.24) is 20.2 Å². The molecule has 0 aliphatic rings. The van der Waals surface area contributed by atoms with Crippen LogP contribution >= 0.6 is 0 Å². The van der Waals surface area contributed by atoms with Crippen molar-refractivity contribution in [1.29, 1.82) is 0 Å². The van der Waals surface area contributed by atoms with Crippen LogP contribution in [-0.2, 0) is 0 Å². The van der Waals surface area contributed by atoms with Gasteiger partial charge in [0.25, 0.3) is 0 Å². The molecule has 0 amide bonds. The lowest BCUT2D eigenvalue weighted by atomic mass is 10.3. The molecule has 0 aliphatic carbocycles. The van der Waals surface area contributed by atoms with Gasteiger partial charge >= 0.3 is 0 Å². The molecule has 0 fully saturated rings. The number of nitrogens with one attached hydrogen (secondary N) is 1. The Labute approximate surface area is 125 Å². The van der Waals surface area contributed by atoms with E-state index in [2.05, 4.69) is 20.8 Å². The molecule has 3 aromatic rings. The first kappa shape index (κ1) is 13.7. The SMILES string of the molecule is Oc1ccc(N/C=C\c2nnnn2-c2ccc(F)cc2)cc1. The second kappa shape index (κ2) is 6.04. The molecule has 22 heavy (non-hydrogen) atoms. The molecule has 0 spiro atoms. The minimum atomic E-state index is -0.317. The molecule has 1 heterocycles. The highest BCUT2D eigenvalue weighted by molar-refractivity contribution is 5.53. The van der Waals surface area contributed by atoms with Gasteiger partial charge in [-0.1, -0.05) is 0 Å². The molecular weight excluding hydrogens is 285 g/mol. The van der Waals surface area contributed by atoms with E-state index in [9.17, 15) is 9.50 Å². The summed E-state index contributed by atoms with van der Waals surface area (Å²) in [5.41, 5.74) is 1.48. The number of aromatic hydroxyl groups is 1. The predicted octanol–water partition coefficient (Wildman–Crippen LogP) is 2.59. The third-order valence-corrected chi connectivity index (χ3v) is 2.91. The van der Waals surface area contributed by atoms with E-state index in [-0.39, 0.29) is 11.6 Å².